The molecule has 0 bridgehead atoms. The van der Waals surface area contributed by atoms with E-state index in [1.807, 2.05) is 38.1 Å². The third-order valence-electron chi connectivity index (χ3n) is 3.03. The van der Waals surface area contributed by atoms with E-state index in [1.165, 1.54) is 0 Å². The summed E-state index contributed by atoms with van der Waals surface area (Å²) in [4.78, 5) is 0. The van der Waals surface area contributed by atoms with Crippen molar-refractivity contribution in [2.45, 2.75) is 25.9 Å². The maximum absolute atomic E-state index is 10.6. The van der Waals surface area contributed by atoms with Gasteiger partial charge in [0.1, 0.15) is 0 Å². The van der Waals surface area contributed by atoms with Crippen molar-refractivity contribution in [2.75, 3.05) is 6.54 Å². The molecule has 3 heteroatoms. The number of nitrogens with two attached hydrogens (primary N) is 1. The Balaban J connectivity index is 3.10. The van der Waals surface area contributed by atoms with E-state index < -0.39 is 5.60 Å². The smallest absolute Gasteiger partial charge is 0.0931 e. The topological polar surface area (TPSA) is 46.2 Å². The molecule has 1 aromatic carbocycles. The van der Waals surface area contributed by atoms with E-state index in [9.17, 15) is 5.11 Å². The van der Waals surface area contributed by atoms with Crippen LogP contribution in [0.1, 0.15) is 25.8 Å². The lowest BCUT2D eigenvalue weighted by atomic mass is 9.80. The van der Waals surface area contributed by atoms with Crippen LogP contribution in [-0.2, 0) is 5.60 Å². The Kier molecular flexibility index (Phi) is 4.32. The van der Waals surface area contributed by atoms with Crippen molar-refractivity contribution in [3.63, 3.8) is 0 Å². The zero-order chi connectivity index (χ0) is 11.5. The molecule has 0 aliphatic heterocycles. The minimum absolute atomic E-state index is 0.0526. The molecule has 0 saturated heterocycles. The molecule has 2 atom stereocenters. The van der Waals surface area contributed by atoms with Crippen molar-refractivity contribution in [1.29, 1.82) is 0 Å². The fraction of sp³-hybridized carbons (Fsp3) is 0.500. The molecule has 0 aliphatic carbocycles. The van der Waals surface area contributed by atoms with Crippen molar-refractivity contribution >= 4 is 15.9 Å². The van der Waals surface area contributed by atoms with Gasteiger partial charge in [0.05, 0.1) is 5.60 Å². The van der Waals surface area contributed by atoms with Gasteiger partial charge >= 0.3 is 0 Å². The molecule has 0 aliphatic rings. The second-order valence-electron chi connectivity index (χ2n) is 3.92. The molecule has 3 N–H and O–H groups in total. The summed E-state index contributed by atoms with van der Waals surface area (Å²) in [6.45, 7) is 4.44. The third kappa shape index (κ3) is 2.60. The standard InChI is InChI=1S/C12H18BrNO/c1-3-12(15,9(2)8-14)10-5-4-6-11(13)7-10/h4-7,9,15H,3,8,14H2,1-2H3. The van der Waals surface area contributed by atoms with Gasteiger partial charge in [-0.05, 0) is 30.7 Å². The maximum atomic E-state index is 10.6. The van der Waals surface area contributed by atoms with Crippen molar-refractivity contribution in [3.05, 3.63) is 34.3 Å². The lowest BCUT2D eigenvalue weighted by Crippen LogP contribution is -2.37. The van der Waals surface area contributed by atoms with E-state index >= 15 is 0 Å². The van der Waals surface area contributed by atoms with E-state index in [0.717, 1.165) is 10.0 Å². The Bertz CT molecular complexity index is 329. The van der Waals surface area contributed by atoms with Gasteiger partial charge in [0.25, 0.3) is 0 Å². The van der Waals surface area contributed by atoms with Gasteiger partial charge in [0.15, 0.2) is 0 Å². The summed E-state index contributed by atoms with van der Waals surface area (Å²) >= 11 is 3.41. The highest BCUT2D eigenvalue weighted by atomic mass is 79.9. The Morgan fingerprint density at radius 1 is 1.53 bits per heavy atom. The van der Waals surface area contributed by atoms with E-state index in [-0.39, 0.29) is 5.92 Å². The molecule has 0 radical (unpaired) electrons. The summed E-state index contributed by atoms with van der Waals surface area (Å²) < 4.78 is 0.982. The van der Waals surface area contributed by atoms with Gasteiger partial charge in [0.2, 0.25) is 0 Å². The largest absolute Gasteiger partial charge is 0.385 e. The van der Waals surface area contributed by atoms with Crippen LogP contribution in [-0.4, -0.2) is 11.7 Å². The fourth-order valence-electron chi connectivity index (χ4n) is 1.79. The summed E-state index contributed by atoms with van der Waals surface area (Å²) in [6.07, 6.45) is 0.668. The molecule has 84 valence electrons. The van der Waals surface area contributed by atoms with Gasteiger partial charge in [-0.25, -0.2) is 0 Å². The number of aliphatic hydroxyl groups is 1. The average molecular weight is 272 g/mol. The highest BCUT2D eigenvalue weighted by Crippen LogP contribution is 2.33. The predicted octanol–water partition coefficient (Wildman–Crippen LogP) is 2.64. The molecular weight excluding hydrogens is 254 g/mol. The van der Waals surface area contributed by atoms with Crippen LogP contribution in [0.3, 0.4) is 0 Å². The van der Waals surface area contributed by atoms with Crippen LogP contribution in [0.5, 0.6) is 0 Å². The SMILES string of the molecule is CCC(O)(c1cccc(Br)c1)C(C)CN. The van der Waals surface area contributed by atoms with E-state index in [0.29, 0.717) is 13.0 Å². The zero-order valence-electron chi connectivity index (χ0n) is 9.20. The van der Waals surface area contributed by atoms with Crippen LogP contribution in [0.2, 0.25) is 0 Å². The minimum atomic E-state index is -0.821. The molecule has 0 amide bonds. The second-order valence-corrected chi connectivity index (χ2v) is 4.84. The van der Waals surface area contributed by atoms with Crippen LogP contribution in [0.4, 0.5) is 0 Å². The summed E-state index contributed by atoms with van der Waals surface area (Å²) in [6, 6.07) is 7.78. The first-order chi connectivity index (χ1) is 7.04. The van der Waals surface area contributed by atoms with E-state index in [2.05, 4.69) is 15.9 Å². The molecule has 1 aromatic rings. The van der Waals surface area contributed by atoms with Gasteiger partial charge in [-0.1, -0.05) is 41.9 Å². The lowest BCUT2D eigenvalue weighted by Gasteiger charge is -2.33. The highest BCUT2D eigenvalue weighted by molar-refractivity contribution is 9.10. The minimum Gasteiger partial charge on any atom is -0.385 e. The van der Waals surface area contributed by atoms with Crippen LogP contribution < -0.4 is 5.73 Å². The first-order valence-corrected chi connectivity index (χ1v) is 6.02. The van der Waals surface area contributed by atoms with Crippen LogP contribution in [0, 0.1) is 5.92 Å². The van der Waals surface area contributed by atoms with Crippen molar-refractivity contribution < 1.29 is 5.11 Å². The Morgan fingerprint density at radius 3 is 2.67 bits per heavy atom. The van der Waals surface area contributed by atoms with E-state index in [4.69, 9.17) is 5.73 Å². The lowest BCUT2D eigenvalue weighted by molar-refractivity contribution is -0.0176. The number of hydrogen-bond acceptors (Lipinski definition) is 2. The number of hydrogen-bond donors (Lipinski definition) is 2. The molecule has 0 spiro atoms. The zero-order valence-corrected chi connectivity index (χ0v) is 10.8. The first-order valence-electron chi connectivity index (χ1n) is 5.23. The molecule has 0 saturated carbocycles. The van der Waals surface area contributed by atoms with Crippen molar-refractivity contribution in [1.82, 2.24) is 0 Å². The highest BCUT2D eigenvalue weighted by Gasteiger charge is 2.32. The molecule has 1 rings (SSSR count). The van der Waals surface area contributed by atoms with Gasteiger partial charge in [0, 0.05) is 10.4 Å². The molecule has 0 heterocycles. The van der Waals surface area contributed by atoms with E-state index in [1.54, 1.807) is 0 Å². The normalized spacial score (nSPS) is 17.1. The Morgan fingerprint density at radius 2 is 2.20 bits per heavy atom. The summed E-state index contributed by atoms with van der Waals surface area (Å²) in [7, 11) is 0. The monoisotopic (exact) mass is 271 g/mol. The molecule has 0 fully saturated rings. The second kappa shape index (κ2) is 5.10. The molecule has 2 unspecified atom stereocenters. The third-order valence-corrected chi connectivity index (χ3v) is 3.53. The number of benzene rings is 1. The van der Waals surface area contributed by atoms with Gasteiger partial charge in [-0.3, -0.25) is 0 Å². The summed E-state index contributed by atoms with van der Waals surface area (Å²) in [5.41, 5.74) is 5.74. The van der Waals surface area contributed by atoms with Gasteiger partial charge in [-0.2, -0.15) is 0 Å². The Labute approximate surface area is 99.6 Å². The average Bonchev–Trinajstić information content (AvgIpc) is 2.26. The predicted molar refractivity (Wildman–Crippen MR) is 66.5 cm³/mol. The quantitative estimate of drug-likeness (QED) is 0.885. The van der Waals surface area contributed by atoms with Crippen molar-refractivity contribution in [2.24, 2.45) is 11.7 Å². The van der Waals surface area contributed by atoms with Crippen LogP contribution in [0.25, 0.3) is 0 Å². The summed E-state index contributed by atoms with van der Waals surface area (Å²) in [5.74, 6) is 0.0526. The van der Waals surface area contributed by atoms with Crippen molar-refractivity contribution in [3.8, 4) is 0 Å². The molecule has 2 nitrogen and oxygen atoms in total. The molecular formula is C12H18BrNO. The summed E-state index contributed by atoms with van der Waals surface area (Å²) in [5, 5.41) is 10.6. The Hall–Kier alpha value is -0.380. The van der Waals surface area contributed by atoms with Gasteiger partial charge in [-0.15, -0.1) is 0 Å². The van der Waals surface area contributed by atoms with Gasteiger partial charge < -0.3 is 10.8 Å². The van der Waals surface area contributed by atoms with Crippen LogP contribution >= 0.6 is 15.9 Å². The van der Waals surface area contributed by atoms with Crippen LogP contribution in [0.15, 0.2) is 28.7 Å². The molecule has 0 aromatic heterocycles. The number of rotatable bonds is 4. The number of halogens is 1. The fourth-order valence-corrected chi connectivity index (χ4v) is 2.19. The maximum Gasteiger partial charge on any atom is 0.0931 e. The molecule has 15 heavy (non-hydrogen) atoms. The first kappa shape index (κ1) is 12.7.